The highest BCUT2D eigenvalue weighted by molar-refractivity contribution is 7.89. The zero-order chi connectivity index (χ0) is 27.7. The quantitative estimate of drug-likeness (QED) is 0.264. The van der Waals surface area contributed by atoms with Crippen LogP contribution in [0.1, 0.15) is 22.7 Å². The minimum atomic E-state index is -3.94. The molecule has 1 aromatic heterocycles. The van der Waals surface area contributed by atoms with Crippen molar-refractivity contribution in [2.45, 2.75) is 17.9 Å². The molecule has 40 heavy (non-hydrogen) atoms. The van der Waals surface area contributed by atoms with Crippen molar-refractivity contribution in [3.8, 4) is 22.7 Å². The molecule has 0 fully saturated rings. The van der Waals surface area contributed by atoms with Crippen molar-refractivity contribution in [2.24, 2.45) is 0 Å². The molecule has 2 heterocycles. The Balaban J connectivity index is 1.54. The van der Waals surface area contributed by atoms with Crippen LogP contribution in [0, 0.1) is 6.92 Å². The molecule has 0 radical (unpaired) electrons. The van der Waals surface area contributed by atoms with E-state index in [0.29, 0.717) is 11.4 Å². The SMILES string of the molecule is COc1ccc(-c2nn(-c3ccccc3)cc2[C@@H]2C=C(c3ccc(C)cc3)NN2S(=O)(=O)c2ccccc2)cc1. The second-order valence-corrected chi connectivity index (χ2v) is 11.4. The Bertz CT molecular complexity index is 1760. The van der Waals surface area contributed by atoms with Gasteiger partial charge in [0.2, 0.25) is 0 Å². The normalized spacial score (nSPS) is 15.4. The van der Waals surface area contributed by atoms with Gasteiger partial charge in [0.25, 0.3) is 10.0 Å². The summed E-state index contributed by atoms with van der Waals surface area (Å²) in [5.41, 5.74) is 9.06. The first-order valence-corrected chi connectivity index (χ1v) is 14.3. The van der Waals surface area contributed by atoms with Crippen molar-refractivity contribution in [1.82, 2.24) is 19.6 Å². The third kappa shape index (κ3) is 4.79. The zero-order valence-electron chi connectivity index (χ0n) is 22.1. The Kier molecular flexibility index (Phi) is 6.71. The second kappa shape index (κ2) is 10.5. The van der Waals surface area contributed by atoms with Crippen molar-refractivity contribution in [3.63, 3.8) is 0 Å². The minimum Gasteiger partial charge on any atom is -0.497 e. The molecule has 1 aliphatic rings. The molecule has 1 N–H and O–H groups in total. The van der Waals surface area contributed by atoms with Crippen LogP contribution in [0.15, 0.2) is 126 Å². The molecular weight excluding hydrogens is 520 g/mol. The molecule has 0 saturated carbocycles. The third-order valence-corrected chi connectivity index (χ3v) is 8.62. The Hall–Kier alpha value is -4.66. The predicted octanol–water partition coefficient (Wildman–Crippen LogP) is 6.15. The number of ether oxygens (including phenoxy) is 1. The molecule has 4 aromatic carbocycles. The zero-order valence-corrected chi connectivity index (χ0v) is 22.9. The maximum absolute atomic E-state index is 14.0. The van der Waals surface area contributed by atoms with Crippen molar-refractivity contribution >= 4 is 15.7 Å². The molecule has 0 bridgehead atoms. The Morgan fingerprint density at radius 1 is 0.800 bits per heavy atom. The molecule has 1 atom stereocenters. The van der Waals surface area contributed by atoms with Gasteiger partial charge < -0.3 is 10.2 Å². The van der Waals surface area contributed by atoms with E-state index in [2.05, 4.69) is 5.43 Å². The van der Waals surface area contributed by atoms with E-state index in [1.807, 2.05) is 98.1 Å². The van der Waals surface area contributed by atoms with Crippen LogP contribution in [-0.4, -0.2) is 29.7 Å². The summed E-state index contributed by atoms with van der Waals surface area (Å²) in [5.74, 6) is 0.727. The lowest BCUT2D eigenvalue weighted by atomic mass is 10.0. The number of hydrazine groups is 1. The molecule has 0 amide bonds. The number of rotatable bonds is 7. The Morgan fingerprint density at radius 2 is 1.43 bits per heavy atom. The van der Waals surface area contributed by atoms with E-state index in [0.717, 1.165) is 33.7 Å². The van der Waals surface area contributed by atoms with Crippen molar-refractivity contribution in [3.05, 3.63) is 138 Å². The van der Waals surface area contributed by atoms with Crippen LogP contribution >= 0.6 is 0 Å². The van der Waals surface area contributed by atoms with Crippen molar-refractivity contribution < 1.29 is 13.2 Å². The molecule has 6 rings (SSSR count). The van der Waals surface area contributed by atoms with Gasteiger partial charge in [-0.25, -0.2) is 13.1 Å². The topological polar surface area (TPSA) is 76.5 Å². The lowest BCUT2D eigenvalue weighted by Crippen LogP contribution is -2.39. The first-order chi connectivity index (χ1) is 19.4. The van der Waals surface area contributed by atoms with Crippen LogP contribution in [0.2, 0.25) is 0 Å². The van der Waals surface area contributed by atoms with E-state index in [1.54, 1.807) is 42.1 Å². The van der Waals surface area contributed by atoms with E-state index in [-0.39, 0.29) is 4.90 Å². The number of aryl methyl sites for hydroxylation is 1. The highest BCUT2D eigenvalue weighted by atomic mass is 32.2. The summed E-state index contributed by atoms with van der Waals surface area (Å²) < 4.78 is 36.6. The number of para-hydroxylation sites is 1. The minimum absolute atomic E-state index is 0.201. The largest absolute Gasteiger partial charge is 0.497 e. The van der Waals surface area contributed by atoms with Gasteiger partial charge >= 0.3 is 0 Å². The number of nitrogens with one attached hydrogen (secondary N) is 1. The number of hydrogen-bond acceptors (Lipinski definition) is 5. The fourth-order valence-electron chi connectivity index (χ4n) is 4.77. The third-order valence-electron chi connectivity index (χ3n) is 6.92. The number of nitrogens with zero attached hydrogens (tertiary/aromatic N) is 3. The van der Waals surface area contributed by atoms with Gasteiger partial charge in [0.1, 0.15) is 5.75 Å². The molecule has 0 spiro atoms. The molecule has 5 aromatic rings. The lowest BCUT2D eigenvalue weighted by molar-refractivity contribution is 0.348. The summed E-state index contributed by atoms with van der Waals surface area (Å²) in [7, 11) is -2.31. The van der Waals surface area contributed by atoms with E-state index < -0.39 is 16.1 Å². The summed E-state index contributed by atoms with van der Waals surface area (Å²) in [6.07, 6.45) is 3.86. The predicted molar refractivity (Wildman–Crippen MR) is 156 cm³/mol. The summed E-state index contributed by atoms with van der Waals surface area (Å²) in [4.78, 5) is 0.201. The fourth-order valence-corrected chi connectivity index (χ4v) is 6.19. The van der Waals surface area contributed by atoms with E-state index in [9.17, 15) is 8.42 Å². The van der Waals surface area contributed by atoms with Crippen molar-refractivity contribution in [2.75, 3.05) is 7.11 Å². The van der Waals surface area contributed by atoms with E-state index >= 15 is 0 Å². The number of benzene rings is 4. The average Bonchev–Trinajstić information content (AvgIpc) is 3.64. The average molecular weight is 549 g/mol. The van der Waals surface area contributed by atoms with Crippen LogP contribution in [0.25, 0.3) is 22.6 Å². The number of hydrogen-bond donors (Lipinski definition) is 1. The summed E-state index contributed by atoms with van der Waals surface area (Å²) in [6.45, 7) is 2.02. The lowest BCUT2D eigenvalue weighted by Gasteiger charge is -2.24. The monoisotopic (exact) mass is 548 g/mol. The summed E-state index contributed by atoms with van der Waals surface area (Å²) >= 11 is 0. The maximum Gasteiger partial charge on any atom is 0.260 e. The molecule has 200 valence electrons. The molecular formula is C32H28N4O3S. The van der Waals surface area contributed by atoms with E-state index in [1.165, 1.54) is 4.41 Å². The second-order valence-electron chi connectivity index (χ2n) is 9.56. The molecule has 0 unspecified atom stereocenters. The standard InChI is InChI=1S/C32H28N4O3S/c1-23-13-15-24(16-14-23)30-21-31(36(33-30)40(37,38)28-11-7-4-8-12-28)29-22-35(26-9-5-3-6-10-26)34-32(29)25-17-19-27(39-2)20-18-25/h3-22,31,33H,1-2H3/t31-/m0/s1. The first kappa shape index (κ1) is 25.6. The van der Waals surface area contributed by atoms with Crippen LogP contribution in [0.3, 0.4) is 0 Å². The molecule has 8 heteroatoms. The highest BCUT2D eigenvalue weighted by Crippen LogP contribution is 2.40. The van der Waals surface area contributed by atoms with Crippen LogP contribution in [-0.2, 0) is 10.0 Å². The van der Waals surface area contributed by atoms with Gasteiger partial charge in [-0.1, -0.05) is 66.2 Å². The van der Waals surface area contributed by atoms with Gasteiger partial charge in [-0.3, -0.25) is 0 Å². The molecule has 0 aliphatic carbocycles. The summed E-state index contributed by atoms with van der Waals surface area (Å²) in [5, 5.41) is 4.95. The number of sulfonamides is 1. The van der Waals surface area contributed by atoms with Crippen LogP contribution < -0.4 is 10.2 Å². The van der Waals surface area contributed by atoms with Gasteiger partial charge in [-0.05, 0) is 67.1 Å². The molecule has 1 aliphatic heterocycles. The molecule has 0 saturated heterocycles. The fraction of sp³-hybridized carbons (Fsp3) is 0.0938. The van der Waals surface area contributed by atoms with Gasteiger partial charge in [0.05, 0.1) is 35.1 Å². The van der Waals surface area contributed by atoms with Gasteiger partial charge in [-0.15, -0.1) is 4.41 Å². The highest BCUT2D eigenvalue weighted by Gasteiger charge is 2.39. The summed E-state index contributed by atoms with van der Waals surface area (Å²) in [6, 6.07) is 33.2. The number of methoxy groups -OCH3 is 1. The van der Waals surface area contributed by atoms with Crippen LogP contribution in [0.5, 0.6) is 5.75 Å². The first-order valence-electron chi connectivity index (χ1n) is 12.9. The van der Waals surface area contributed by atoms with Gasteiger partial charge in [-0.2, -0.15) is 5.10 Å². The smallest absolute Gasteiger partial charge is 0.260 e. The van der Waals surface area contributed by atoms with Crippen LogP contribution in [0.4, 0.5) is 0 Å². The van der Waals surface area contributed by atoms with Crippen molar-refractivity contribution in [1.29, 1.82) is 0 Å². The number of aromatic nitrogens is 2. The maximum atomic E-state index is 14.0. The molecule has 7 nitrogen and oxygen atoms in total. The van der Waals surface area contributed by atoms with Gasteiger partial charge in [0.15, 0.2) is 0 Å². The van der Waals surface area contributed by atoms with Gasteiger partial charge in [0, 0.05) is 17.3 Å². The Morgan fingerprint density at radius 3 is 2.08 bits per heavy atom. The van der Waals surface area contributed by atoms with E-state index in [4.69, 9.17) is 9.84 Å². The Labute approximate surface area is 234 Å².